The number of hydrogen-bond donors (Lipinski definition) is 1. The highest BCUT2D eigenvalue weighted by atomic mass is 32.1. The molecule has 102 valence electrons. The topological polar surface area (TPSA) is 28.2 Å². The highest BCUT2D eigenvalue weighted by Gasteiger charge is 2.06. The van der Waals surface area contributed by atoms with Gasteiger partial charge in [-0.1, -0.05) is 32.0 Å². The standard InChI is InChI=1S/C15H21N3S/c1-3-18(4-2)10-13-7-5-6-8-15(13)16-9-14-11-19-12-17-14/h5-8,11-12,16H,3-4,9-10H2,1-2H3. The van der Waals surface area contributed by atoms with E-state index in [-0.39, 0.29) is 0 Å². The summed E-state index contributed by atoms with van der Waals surface area (Å²) in [4.78, 5) is 6.72. The molecule has 1 N–H and O–H groups in total. The van der Waals surface area contributed by atoms with Crippen LogP contribution < -0.4 is 5.32 Å². The molecule has 0 aliphatic rings. The molecule has 0 unspecified atom stereocenters. The molecule has 0 amide bonds. The average molecular weight is 275 g/mol. The minimum Gasteiger partial charge on any atom is -0.379 e. The molecule has 0 radical (unpaired) electrons. The normalized spacial score (nSPS) is 10.9. The number of para-hydroxylation sites is 1. The van der Waals surface area contributed by atoms with Gasteiger partial charge in [0.05, 0.1) is 17.7 Å². The monoisotopic (exact) mass is 275 g/mol. The molecule has 1 aromatic heterocycles. The maximum absolute atomic E-state index is 4.30. The minimum atomic E-state index is 0.790. The number of nitrogens with zero attached hydrogens (tertiary/aromatic N) is 2. The third-order valence-corrected chi connectivity index (χ3v) is 3.88. The summed E-state index contributed by atoms with van der Waals surface area (Å²) in [6.07, 6.45) is 0. The van der Waals surface area contributed by atoms with E-state index in [0.717, 1.165) is 31.9 Å². The number of nitrogens with one attached hydrogen (secondary N) is 1. The predicted octanol–water partition coefficient (Wildman–Crippen LogP) is 3.60. The zero-order chi connectivity index (χ0) is 13.5. The Morgan fingerprint density at radius 1 is 1.21 bits per heavy atom. The Morgan fingerprint density at radius 3 is 2.68 bits per heavy atom. The highest BCUT2D eigenvalue weighted by molar-refractivity contribution is 7.07. The molecule has 0 bridgehead atoms. The largest absolute Gasteiger partial charge is 0.379 e. The van der Waals surface area contributed by atoms with Gasteiger partial charge >= 0.3 is 0 Å². The molecule has 2 rings (SSSR count). The van der Waals surface area contributed by atoms with Crippen LogP contribution in [-0.2, 0) is 13.1 Å². The van der Waals surface area contributed by atoms with Gasteiger partial charge in [-0.2, -0.15) is 0 Å². The molecule has 0 atom stereocenters. The molecule has 4 heteroatoms. The second-order valence-electron chi connectivity index (χ2n) is 4.45. The summed E-state index contributed by atoms with van der Waals surface area (Å²) < 4.78 is 0. The third-order valence-electron chi connectivity index (χ3n) is 3.25. The summed E-state index contributed by atoms with van der Waals surface area (Å²) in [6, 6.07) is 8.52. The zero-order valence-corrected chi connectivity index (χ0v) is 12.4. The summed E-state index contributed by atoms with van der Waals surface area (Å²) in [5, 5.41) is 5.57. The number of benzene rings is 1. The SMILES string of the molecule is CCN(CC)Cc1ccccc1NCc1cscn1. The van der Waals surface area contributed by atoms with Crippen molar-refractivity contribution < 1.29 is 0 Å². The second kappa shape index (κ2) is 7.26. The Bertz CT molecular complexity index is 478. The molecule has 0 aliphatic carbocycles. The lowest BCUT2D eigenvalue weighted by molar-refractivity contribution is 0.296. The van der Waals surface area contributed by atoms with Gasteiger partial charge in [0.25, 0.3) is 0 Å². The lowest BCUT2D eigenvalue weighted by Gasteiger charge is -2.20. The zero-order valence-electron chi connectivity index (χ0n) is 11.6. The van der Waals surface area contributed by atoms with Crippen molar-refractivity contribution in [3.63, 3.8) is 0 Å². The van der Waals surface area contributed by atoms with E-state index in [2.05, 4.69) is 58.7 Å². The van der Waals surface area contributed by atoms with Crippen molar-refractivity contribution in [1.29, 1.82) is 0 Å². The lowest BCUT2D eigenvalue weighted by Crippen LogP contribution is -2.22. The molecular weight excluding hydrogens is 254 g/mol. The van der Waals surface area contributed by atoms with Gasteiger partial charge in [0, 0.05) is 17.6 Å². The maximum atomic E-state index is 4.30. The molecule has 1 aromatic carbocycles. The van der Waals surface area contributed by atoms with Gasteiger partial charge in [-0.15, -0.1) is 11.3 Å². The Hall–Kier alpha value is -1.39. The Labute approximate surface area is 119 Å². The van der Waals surface area contributed by atoms with Gasteiger partial charge in [-0.25, -0.2) is 4.98 Å². The molecule has 19 heavy (non-hydrogen) atoms. The van der Waals surface area contributed by atoms with Crippen LogP contribution in [0.15, 0.2) is 35.2 Å². The van der Waals surface area contributed by atoms with Crippen molar-refractivity contribution in [2.24, 2.45) is 0 Å². The number of thiazole rings is 1. The fourth-order valence-electron chi connectivity index (χ4n) is 2.03. The maximum Gasteiger partial charge on any atom is 0.0795 e. The van der Waals surface area contributed by atoms with E-state index >= 15 is 0 Å². The van der Waals surface area contributed by atoms with Crippen molar-refractivity contribution in [2.75, 3.05) is 18.4 Å². The van der Waals surface area contributed by atoms with Crippen LogP contribution in [0.25, 0.3) is 0 Å². The lowest BCUT2D eigenvalue weighted by atomic mass is 10.1. The molecule has 0 saturated carbocycles. The van der Waals surface area contributed by atoms with E-state index in [1.54, 1.807) is 11.3 Å². The van der Waals surface area contributed by atoms with Crippen molar-refractivity contribution in [2.45, 2.75) is 26.9 Å². The summed E-state index contributed by atoms with van der Waals surface area (Å²) in [7, 11) is 0. The molecule has 0 fully saturated rings. The van der Waals surface area contributed by atoms with Crippen molar-refractivity contribution in [3.05, 3.63) is 46.4 Å². The van der Waals surface area contributed by atoms with Gasteiger partial charge in [-0.3, -0.25) is 4.90 Å². The number of hydrogen-bond acceptors (Lipinski definition) is 4. The van der Waals surface area contributed by atoms with Crippen molar-refractivity contribution in [1.82, 2.24) is 9.88 Å². The number of anilines is 1. The van der Waals surface area contributed by atoms with Crippen LogP contribution in [0.5, 0.6) is 0 Å². The second-order valence-corrected chi connectivity index (χ2v) is 5.17. The molecule has 3 nitrogen and oxygen atoms in total. The van der Waals surface area contributed by atoms with E-state index in [9.17, 15) is 0 Å². The smallest absolute Gasteiger partial charge is 0.0795 e. The molecule has 2 aromatic rings. The van der Waals surface area contributed by atoms with Gasteiger partial charge < -0.3 is 5.32 Å². The van der Waals surface area contributed by atoms with E-state index in [0.29, 0.717) is 0 Å². The first-order chi connectivity index (χ1) is 9.33. The first kappa shape index (κ1) is 14.0. The van der Waals surface area contributed by atoms with Gasteiger partial charge in [-0.05, 0) is 24.7 Å². The predicted molar refractivity (Wildman–Crippen MR) is 82.5 cm³/mol. The summed E-state index contributed by atoms with van der Waals surface area (Å²) in [5.41, 5.74) is 5.53. The fraction of sp³-hybridized carbons (Fsp3) is 0.400. The van der Waals surface area contributed by atoms with Crippen molar-refractivity contribution >= 4 is 17.0 Å². The molecule has 0 aliphatic heterocycles. The molecular formula is C15H21N3S. The average Bonchev–Trinajstić information content (AvgIpc) is 2.97. The first-order valence-electron chi connectivity index (χ1n) is 6.74. The first-order valence-corrected chi connectivity index (χ1v) is 7.69. The third kappa shape index (κ3) is 4.04. The van der Waals surface area contributed by atoms with Crippen LogP contribution in [-0.4, -0.2) is 23.0 Å². The van der Waals surface area contributed by atoms with E-state index in [1.165, 1.54) is 11.3 Å². The van der Waals surface area contributed by atoms with Crippen LogP contribution in [0.3, 0.4) is 0 Å². The summed E-state index contributed by atoms with van der Waals surface area (Å²) in [6.45, 7) is 8.35. The Kier molecular flexibility index (Phi) is 5.36. The molecule has 0 saturated heterocycles. The molecule has 0 spiro atoms. The van der Waals surface area contributed by atoms with Crippen LogP contribution in [0, 0.1) is 0 Å². The highest BCUT2D eigenvalue weighted by Crippen LogP contribution is 2.18. The van der Waals surface area contributed by atoms with Gasteiger partial charge in [0.1, 0.15) is 0 Å². The fourth-order valence-corrected chi connectivity index (χ4v) is 2.59. The minimum absolute atomic E-state index is 0.790. The molecule has 1 heterocycles. The van der Waals surface area contributed by atoms with Gasteiger partial charge in [0.2, 0.25) is 0 Å². The van der Waals surface area contributed by atoms with Crippen LogP contribution in [0.4, 0.5) is 5.69 Å². The summed E-state index contributed by atoms with van der Waals surface area (Å²) in [5.74, 6) is 0. The van der Waals surface area contributed by atoms with Gasteiger partial charge in [0.15, 0.2) is 0 Å². The van der Waals surface area contributed by atoms with Crippen LogP contribution >= 0.6 is 11.3 Å². The quantitative estimate of drug-likeness (QED) is 0.837. The Balaban J connectivity index is 2.03. The van der Waals surface area contributed by atoms with E-state index in [4.69, 9.17) is 0 Å². The van der Waals surface area contributed by atoms with Crippen LogP contribution in [0.2, 0.25) is 0 Å². The van der Waals surface area contributed by atoms with E-state index < -0.39 is 0 Å². The van der Waals surface area contributed by atoms with Crippen molar-refractivity contribution in [3.8, 4) is 0 Å². The number of aromatic nitrogens is 1. The summed E-state index contributed by atoms with van der Waals surface area (Å²) >= 11 is 1.64. The number of rotatable bonds is 7. The van der Waals surface area contributed by atoms with Crippen LogP contribution in [0.1, 0.15) is 25.1 Å². The Morgan fingerprint density at radius 2 is 2.00 bits per heavy atom. The van der Waals surface area contributed by atoms with E-state index in [1.807, 2.05) is 5.51 Å².